The van der Waals surface area contributed by atoms with Crippen LogP contribution < -0.4 is 0 Å². The van der Waals surface area contributed by atoms with Crippen molar-refractivity contribution in [1.29, 1.82) is 0 Å². The zero-order valence-corrected chi connectivity index (χ0v) is 7.44. The van der Waals surface area contributed by atoms with Crippen molar-refractivity contribution in [2.24, 2.45) is 0 Å². The maximum absolute atomic E-state index is 10.6. The van der Waals surface area contributed by atoms with E-state index in [1.54, 1.807) is 12.4 Å². The SMILES string of the molecule is O=C(O)n1ccc(C2CCCC2)c1. The van der Waals surface area contributed by atoms with Gasteiger partial charge in [-0.1, -0.05) is 12.8 Å². The lowest BCUT2D eigenvalue weighted by atomic mass is 10.0. The van der Waals surface area contributed by atoms with E-state index in [0.717, 1.165) is 0 Å². The van der Waals surface area contributed by atoms with E-state index in [4.69, 9.17) is 5.11 Å². The van der Waals surface area contributed by atoms with E-state index in [9.17, 15) is 4.79 Å². The molecule has 0 radical (unpaired) electrons. The van der Waals surface area contributed by atoms with Crippen LogP contribution in [0.15, 0.2) is 18.5 Å². The quantitative estimate of drug-likeness (QED) is 0.720. The summed E-state index contributed by atoms with van der Waals surface area (Å²) in [6.07, 6.45) is 7.44. The average molecular weight is 179 g/mol. The highest BCUT2D eigenvalue weighted by Crippen LogP contribution is 2.33. The molecule has 0 amide bonds. The number of carboxylic acid groups (broad SMARTS) is 1. The van der Waals surface area contributed by atoms with Gasteiger partial charge in [0.2, 0.25) is 0 Å². The van der Waals surface area contributed by atoms with Crippen LogP contribution in [-0.4, -0.2) is 15.8 Å². The van der Waals surface area contributed by atoms with E-state index in [1.165, 1.54) is 35.8 Å². The van der Waals surface area contributed by atoms with Crippen LogP contribution in [-0.2, 0) is 0 Å². The molecule has 0 aromatic carbocycles. The summed E-state index contributed by atoms with van der Waals surface area (Å²) in [6, 6.07) is 1.92. The molecule has 1 aliphatic carbocycles. The van der Waals surface area contributed by atoms with Gasteiger partial charge in [0.05, 0.1) is 0 Å². The lowest BCUT2D eigenvalue weighted by Crippen LogP contribution is -2.04. The Labute approximate surface area is 77.0 Å². The molecule has 13 heavy (non-hydrogen) atoms. The van der Waals surface area contributed by atoms with Crippen LogP contribution in [0.3, 0.4) is 0 Å². The summed E-state index contributed by atoms with van der Waals surface area (Å²) in [5.41, 5.74) is 1.18. The normalized spacial score (nSPS) is 17.8. The number of rotatable bonds is 1. The van der Waals surface area contributed by atoms with E-state index in [0.29, 0.717) is 5.92 Å². The molecule has 1 N–H and O–H groups in total. The first-order valence-electron chi connectivity index (χ1n) is 4.68. The summed E-state index contributed by atoms with van der Waals surface area (Å²) in [7, 11) is 0. The van der Waals surface area contributed by atoms with Gasteiger partial charge in [0.1, 0.15) is 0 Å². The Morgan fingerprint density at radius 2 is 2.15 bits per heavy atom. The molecule has 0 atom stereocenters. The molecule has 1 saturated carbocycles. The van der Waals surface area contributed by atoms with E-state index in [-0.39, 0.29) is 0 Å². The molecule has 0 saturated heterocycles. The smallest absolute Gasteiger partial charge is 0.415 e. The van der Waals surface area contributed by atoms with Gasteiger partial charge in [0.25, 0.3) is 0 Å². The second-order valence-corrected chi connectivity index (χ2v) is 3.62. The van der Waals surface area contributed by atoms with Gasteiger partial charge in [0.15, 0.2) is 0 Å². The largest absolute Gasteiger partial charge is 0.464 e. The zero-order chi connectivity index (χ0) is 9.26. The molecular formula is C10H13NO2. The van der Waals surface area contributed by atoms with Gasteiger partial charge in [-0.15, -0.1) is 0 Å². The molecule has 0 spiro atoms. The molecule has 3 nitrogen and oxygen atoms in total. The molecule has 1 fully saturated rings. The first-order chi connectivity index (χ1) is 6.27. The van der Waals surface area contributed by atoms with Crippen LogP contribution in [0, 0.1) is 0 Å². The second-order valence-electron chi connectivity index (χ2n) is 3.62. The Kier molecular flexibility index (Phi) is 2.08. The van der Waals surface area contributed by atoms with Crippen LogP contribution >= 0.6 is 0 Å². The summed E-state index contributed by atoms with van der Waals surface area (Å²) in [6.45, 7) is 0. The standard InChI is InChI=1S/C10H13NO2/c12-10(13)11-6-5-9(7-11)8-3-1-2-4-8/h5-8H,1-4H2,(H,12,13). The van der Waals surface area contributed by atoms with E-state index < -0.39 is 6.09 Å². The van der Waals surface area contributed by atoms with Crippen molar-refractivity contribution in [3.8, 4) is 0 Å². The summed E-state index contributed by atoms with van der Waals surface area (Å²) in [5, 5.41) is 8.70. The second kappa shape index (κ2) is 3.24. The molecule has 3 heteroatoms. The van der Waals surface area contributed by atoms with Crippen molar-refractivity contribution in [1.82, 2.24) is 4.57 Å². The molecule has 1 aromatic heterocycles. The fourth-order valence-electron chi connectivity index (χ4n) is 2.03. The van der Waals surface area contributed by atoms with E-state index in [2.05, 4.69) is 0 Å². The highest BCUT2D eigenvalue weighted by atomic mass is 16.4. The average Bonchev–Trinajstić information content (AvgIpc) is 2.75. The Morgan fingerprint density at radius 1 is 1.46 bits per heavy atom. The van der Waals surface area contributed by atoms with Crippen LogP contribution in [0.4, 0.5) is 4.79 Å². The molecule has 2 rings (SSSR count). The number of hydrogen-bond acceptors (Lipinski definition) is 1. The summed E-state index contributed by atoms with van der Waals surface area (Å²) >= 11 is 0. The van der Waals surface area contributed by atoms with E-state index >= 15 is 0 Å². The lowest BCUT2D eigenvalue weighted by Gasteiger charge is -2.04. The van der Waals surface area contributed by atoms with Crippen LogP contribution in [0.2, 0.25) is 0 Å². The highest BCUT2D eigenvalue weighted by Gasteiger charge is 2.18. The first-order valence-corrected chi connectivity index (χ1v) is 4.68. The van der Waals surface area contributed by atoms with Crippen LogP contribution in [0.5, 0.6) is 0 Å². The van der Waals surface area contributed by atoms with Gasteiger partial charge in [-0.2, -0.15) is 0 Å². The predicted molar refractivity (Wildman–Crippen MR) is 49.1 cm³/mol. The minimum atomic E-state index is -0.899. The van der Waals surface area contributed by atoms with Crippen LogP contribution in [0.1, 0.15) is 37.2 Å². The first kappa shape index (κ1) is 8.35. The number of nitrogens with zero attached hydrogens (tertiary/aromatic N) is 1. The maximum atomic E-state index is 10.6. The Bertz CT molecular complexity index is 310. The van der Waals surface area contributed by atoms with Crippen molar-refractivity contribution >= 4 is 6.09 Å². The van der Waals surface area contributed by atoms with Crippen molar-refractivity contribution in [3.05, 3.63) is 24.0 Å². The topological polar surface area (TPSA) is 42.2 Å². The van der Waals surface area contributed by atoms with Gasteiger partial charge >= 0.3 is 6.09 Å². The minimum Gasteiger partial charge on any atom is -0.464 e. The number of aromatic nitrogens is 1. The van der Waals surface area contributed by atoms with Crippen molar-refractivity contribution in [2.75, 3.05) is 0 Å². The Balaban J connectivity index is 2.16. The van der Waals surface area contributed by atoms with Crippen molar-refractivity contribution in [3.63, 3.8) is 0 Å². The molecule has 1 aliphatic rings. The fraction of sp³-hybridized carbons (Fsp3) is 0.500. The van der Waals surface area contributed by atoms with E-state index in [1.807, 2.05) is 6.07 Å². The maximum Gasteiger partial charge on any atom is 0.415 e. The lowest BCUT2D eigenvalue weighted by molar-refractivity contribution is 0.196. The number of carbonyl (C=O) groups is 1. The Hall–Kier alpha value is -1.25. The molecular weight excluding hydrogens is 166 g/mol. The van der Waals surface area contributed by atoms with Gasteiger partial charge < -0.3 is 5.11 Å². The van der Waals surface area contributed by atoms with Gasteiger partial charge in [-0.3, -0.25) is 4.57 Å². The van der Waals surface area contributed by atoms with Crippen molar-refractivity contribution in [2.45, 2.75) is 31.6 Å². The molecule has 1 heterocycles. The summed E-state index contributed by atoms with van der Waals surface area (Å²) in [4.78, 5) is 10.6. The third-order valence-corrected chi connectivity index (χ3v) is 2.76. The monoisotopic (exact) mass is 179 g/mol. The summed E-state index contributed by atoms with van der Waals surface area (Å²) in [5.74, 6) is 0.598. The molecule has 70 valence electrons. The molecule has 0 aliphatic heterocycles. The third-order valence-electron chi connectivity index (χ3n) is 2.76. The highest BCUT2D eigenvalue weighted by molar-refractivity contribution is 5.68. The van der Waals surface area contributed by atoms with Gasteiger partial charge in [0, 0.05) is 12.4 Å². The minimum absolute atomic E-state index is 0.598. The third kappa shape index (κ3) is 1.59. The molecule has 0 bridgehead atoms. The van der Waals surface area contributed by atoms with Gasteiger partial charge in [-0.25, -0.2) is 4.79 Å². The van der Waals surface area contributed by atoms with Crippen molar-refractivity contribution < 1.29 is 9.90 Å². The summed E-state index contributed by atoms with van der Waals surface area (Å²) < 4.78 is 1.23. The molecule has 1 aromatic rings. The number of hydrogen-bond donors (Lipinski definition) is 1. The van der Waals surface area contributed by atoms with Crippen LogP contribution in [0.25, 0.3) is 0 Å². The zero-order valence-electron chi connectivity index (χ0n) is 7.44. The Morgan fingerprint density at radius 3 is 2.69 bits per heavy atom. The fourth-order valence-corrected chi connectivity index (χ4v) is 2.03. The predicted octanol–water partition coefficient (Wildman–Crippen LogP) is 2.67. The van der Waals surface area contributed by atoms with Gasteiger partial charge in [-0.05, 0) is 30.4 Å². The molecule has 0 unspecified atom stereocenters.